The molecule has 0 bridgehead atoms. The molecule has 0 atom stereocenters. The number of nitrogens with one attached hydrogen (secondary N) is 1. The van der Waals surface area contributed by atoms with Crippen molar-refractivity contribution in [2.75, 3.05) is 5.32 Å². The molecule has 0 spiro atoms. The molecule has 3 aromatic rings. The Kier molecular flexibility index (Phi) is 4.95. The monoisotopic (exact) mass is 340 g/mol. The summed E-state index contributed by atoms with van der Waals surface area (Å²) in [6.07, 6.45) is 1.68. The molecular weight excluding hydrogens is 328 g/mol. The van der Waals surface area contributed by atoms with Crippen LogP contribution in [0.25, 0.3) is 0 Å². The number of hydrogen-bond acceptors (Lipinski definition) is 3. The Morgan fingerprint density at radius 3 is 2.48 bits per heavy atom. The van der Waals surface area contributed by atoms with Gasteiger partial charge in [0, 0.05) is 11.1 Å². The Hall–Kier alpha value is -2.30. The fraction of sp³-hybridized carbons (Fsp3) is 0. The molecule has 0 radical (unpaired) electrons. The molecule has 0 fully saturated rings. The van der Waals surface area contributed by atoms with E-state index in [0.29, 0.717) is 21.3 Å². The fourth-order valence-electron chi connectivity index (χ4n) is 2.00. The van der Waals surface area contributed by atoms with Crippen LogP contribution in [-0.4, -0.2) is 10.9 Å². The number of nitrogens with zero attached hydrogens (tertiary/aromatic N) is 1. The van der Waals surface area contributed by atoms with E-state index in [2.05, 4.69) is 10.3 Å². The summed E-state index contributed by atoms with van der Waals surface area (Å²) in [6.45, 7) is 0. The van der Waals surface area contributed by atoms with Gasteiger partial charge in [0.2, 0.25) is 0 Å². The van der Waals surface area contributed by atoms with E-state index in [0.717, 1.165) is 4.90 Å². The smallest absolute Gasteiger partial charge is 0.258 e. The van der Waals surface area contributed by atoms with Gasteiger partial charge in [0.15, 0.2) is 0 Å². The maximum absolute atomic E-state index is 12.6. The molecule has 0 saturated carbocycles. The minimum atomic E-state index is -0.232. The van der Waals surface area contributed by atoms with E-state index >= 15 is 0 Å². The lowest BCUT2D eigenvalue weighted by Crippen LogP contribution is -2.13. The number of carbonyl (C=O) groups is 1. The number of rotatable bonds is 4. The standard InChI is InChI=1S/C18H13ClN2OS/c19-15-10-4-5-11-16(15)21-17(22)14-9-6-12-20-18(14)23-13-7-2-1-3-8-13/h1-12H,(H,21,22). The first-order valence-electron chi connectivity index (χ1n) is 6.98. The summed E-state index contributed by atoms with van der Waals surface area (Å²) < 4.78 is 0. The number of carbonyl (C=O) groups excluding carboxylic acids is 1. The van der Waals surface area contributed by atoms with Crippen molar-refractivity contribution < 1.29 is 4.79 Å². The van der Waals surface area contributed by atoms with Gasteiger partial charge in [0.05, 0.1) is 16.3 Å². The van der Waals surface area contributed by atoms with Crippen LogP contribution in [0.3, 0.4) is 0 Å². The van der Waals surface area contributed by atoms with E-state index in [4.69, 9.17) is 11.6 Å². The summed E-state index contributed by atoms with van der Waals surface area (Å²) >= 11 is 7.54. The zero-order valence-electron chi connectivity index (χ0n) is 12.1. The van der Waals surface area contributed by atoms with E-state index in [1.807, 2.05) is 42.5 Å². The van der Waals surface area contributed by atoms with Gasteiger partial charge in [-0.1, -0.05) is 53.7 Å². The first-order valence-corrected chi connectivity index (χ1v) is 8.17. The summed E-state index contributed by atoms with van der Waals surface area (Å²) in [5.74, 6) is -0.232. The molecule has 114 valence electrons. The molecule has 5 heteroatoms. The van der Waals surface area contributed by atoms with Gasteiger partial charge in [-0.2, -0.15) is 0 Å². The highest BCUT2D eigenvalue weighted by molar-refractivity contribution is 7.99. The fourth-order valence-corrected chi connectivity index (χ4v) is 3.08. The van der Waals surface area contributed by atoms with E-state index in [-0.39, 0.29) is 5.91 Å². The molecule has 3 nitrogen and oxygen atoms in total. The van der Waals surface area contributed by atoms with Crippen molar-refractivity contribution >= 4 is 35.0 Å². The molecule has 1 amide bonds. The van der Waals surface area contributed by atoms with Crippen LogP contribution in [0.2, 0.25) is 5.02 Å². The molecule has 1 aromatic heterocycles. The number of aromatic nitrogens is 1. The minimum absolute atomic E-state index is 0.232. The Bertz CT molecular complexity index is 824. The number of pyridine rings is 1. The molecule has 1 heterocycles. The third-order valence-corrected chi connectivity index (χ3v) is 4.45. The zero-order valence-corrected chi connectivity index (χ0v) is 13.6. The van der Waals surface area contributed by atoms with Crippen LogP contribution < -0.4 is 5.32 Å². The van der Waals surface area contributed by atoms with Gasteiger partial charge in [-0.05, 0) is 36.4 Å². The SMILES string of the molecule is O=C(Nc1ccccc1Cl)c1cccnc1Sc1ccccc1. The number of halogens is 1. The molecule has 0 aliphatic heterocycles. The average Bonchev–Trinajstić information content (AvgIpc) is 2.58. The first-order chi connectivity index (χ1) is 11.2. The Balaban J connectivity index is 1.85. The minimum Gasteiger partial charge on any atom is -0.321 e. The topological polar surface area (TPSA) is 42.0 Å². The third kappa shape index (κ3) is 3.92. The van der Waals surface area contributed by atoms with E-state index in [9.17, 15) is 4.79 Å². The molecule has 0 saturated heterocycles. The van der Waals surface area contributed by atoms with E-state index in [1.165, 1.54) is 11.8 Å². The van der Waals surface area contributed by atoms with Crippen LogP contribution in [0.1, 0.15) is 10.4 Å². The van der Waals surface area contributed by atoms with Crippen molar-refractivity contribution in [3.63, 3.8) is 0 Å². The second-order valence-electron chi connectivity index (χ2n) is 4.71. The van der Waals surface area contributed by atoms with Crippen LogP contribution in [-0.2, 0) is 0 Å². The number of amides is 1. The van der Waals surface area contributed by atoms with Crippen LogP contribution in [0.4, 0.5) is 5.69 Å². The van der Waals surface area contributed by atoms with Crippen LogP contribution in [0, 0.1) is 0 Å². The lowest BCUT2D eigenvalue weighted by molar-refractivity contribution is 0.102. The quantitative estimate of drug-likeness (QED) is 0.715. The van der Waals surface area contributed by atoms with Crippen LogP contribution in [0.15, 0.2) is 82.8 Å². The van der Waals surface area contributed by atoms with Crippen molar-refractivity contribution in [2.45, 2.75) is 9.92 Å². The molecule has 0 unspecified atom stereocenters. The molecule has 1 N–H and O–H groups in total. The first kappa shape index (κ1) is 15.6. The predicted molar refractivity (Wildman–Crippen MR) is 94.2 cm³/mol. The predicted octanol–water partition coefficient (Wildman–Crippen LogP) is 5.14. The molecule has 0 aliphatic carbocycles. The maximum atomic E-state index is 12.6. The van der Waals surface area contributed by atoms with E-state index in [1.54, 1.807) is 30.5 Å². The average molecular weight is 341 g/mol. The summed E-state index contributed by atoms with van der Waals surface area (Å²) in [7, 11) is 0. The number of benzene rings is 2. The second-order valence-corrected chi connectivity index (χ2v) is 6.17. The highest BCUT2D eigenvalue weighted by Crippen LogP contribution is 2.29. The van der Waals surface area contributed by atoms with Crippen LogP contribution in [0.5, 0.6) is 0 Å². The van der Waals surface area contributed by atoms with Gasteiger partial charge in [0.1, 0.15) is 5.03 Å². The maximum Gasteiger partial charge on any atom is 0.258 e. The van der Waals surface area contributed by atoms with Crippen molar-refractivity contribution in [3.05, 3.63) is 83.5 Å². The van der Waals surface area contributed by atoms with Gasteiger partial charge < -0.3 is 5.32 Å². The van der Waals surface area contributed by atoms with E-state index < -0.39 is 0 Å². The Labute approximate surface area is 143 Å². The van der Waals surface area contributed by atoms with Gasteiger partial charge in [0.25, 0.3) is 5.91 Å². The summed E-state index contributed by atoms with van der Waals surface area (Å²) in [5.41, 5.74) is 1.10. The molecule has 2 aromatic carbocycles. The highest BCUT2D eigenvalue weighted by Gasteiger charge is 2.14. The molecule has 23 heavy (non-hydrogen) atoms. The second kappa shape index (κ2) is 7.31. The number of para-hydroxylation sites is 1. The van der Waals surface area contributed by atoms with Crippen molar-refractivity contribution in [3.8, 4) is 0 Å². The molecular formula is C18H13ClN2OS. The Morgan fingerprint density at radius 2 is 1.70 bits per heavy atom. The van der Waals surface area contributed by atoms with Gasteiger partial charge in [-0.15, -0.1) is 0 Å². The summed E-state index contributed by atoms with van der Waals surface area (Å²) in [4.78, 5) is 17.9. The lowest BCUT2D eigenvalue weighted by Gasteiger charge is -2.10. The number of hydrogen-bond donors (Lipinski definition) is 1. The Morgan fingerprint density at radius 1 is 0.957 bits per heavy atom. The van der Waals surface area contributed by atoms with Gasteiger partial charge in [-0.3, -0.25) is 4.79 Å². The lowest BCUT2D eigenvalue weighted by atomic mass is 10.2. The van der Waals surface area contributed by atoms with Gasteiger partial charge in [-0.25, -0.2) is 4.98 Å². The summed E-state index contributed by atoms with van der Waals surface area (Å²) in [5, 5.41) is 3.99. The highest BCUT2D eigenvalue weighted by atomic mass is 35.5. The normalized spacial score (nSPS) is 10.3. The van der Waals surface area contributed by atoms with Crippen LogP contribution >= 0.6 is 23.4 Å². The molecule has 0 aliphatic rings. The summed E-state index contributed by atoms with van der Waals surface area (Å²) in [6, 6.07) is 20.5. The van der Waals surface area contributed by atoms with Gasteiger partial charge >= 0.3 is 0 Å². The molecule has 3 rings (SSSR count). The van der Waals surface area contributed by atoms with Crippen molar-refractivity contribution in [1.82, 2.24) is 4.98 Å². The number of anilines is 1. The zero-order chi connectivity index (χ0) is 16.1. The third-order valence-electron chi connectivity index (χ3n) is 3.10. The van der Waals surface area contributed by atoms with Crippen molar-refractivity contribution in [1.29, 1.82) is 0 Å². The largest absolute Gasteiger partial charge is 0.321 e. The van der Waals surface area contributed by atoms with Crippen molar-refractivity contribution in [2.24, 2.45) is 0 Å².